The number of hydrogen-bond donors (Lipinski definition) is 1. The van der Waals surface area contributed by atoms with Gasteiger partial charge in [-0.25, -0.2) is 9.50 Å². The van der Waals surface area contributed by atoms with Crippen LogP contribution in [-0.4, -0.2) is 66.0 Å². The van der Waals surface area contributed by atoms with E-state index in [9.17, 15) is 15.2 Å². The van der Waals surface area contributed by atoms with Gasteiger partial charge in [0.1, 0.15) is 5.82 Å². The van der Waals surface area contributed by atoms with Crippen LogP contribution in [0.5, 0.6) is 0 Å². The highest BCUT2D eigenvalue weighted by Crippen LogP contribution is 2.34. The second-order valence-corrected chi connectivity index (χ2v) is 9.83. The SMILES string of the molecule is Cc1cn2nc([C@@H]3CCCCN3C(=O)c3nn(C)c4ccccc34)cc2nc1N1C[C@@H](C#N)[C@@H](O)C1. The third kappa shape index (κ3) is 3.58. The van der Waals surface area contributed by atoms with Gasteiger partial charge in [0.15, 0.2) is 11.3 Å². The molecule has 0 aliphatic carbocycles. The van der Waals surface area contributed by atoms with Gasteiger partial charge in [-0.05, 0) is 32.3 Å². The molecule has 3 aromatic heterocycles. The lowest BCUT2D eigenvalue weighted by Crippen LogP contribution is -2.39. The average Bonchev–Trinajstić information content (AvgIpc) is 3.57. The summed E-state index contributed by atoms with van der Waals surface area (Å²) in [5, 5.41) is 29.7. The number of carbonyl (C=O) groups is 1. The number of carbonyl (C=O) groups excluding carboxylic acids is 1. The maximum absolute atomic E-state index is 13.7. The standard InChI is InChI=1S/C26H28N8O2/c1-16-13-34-23(28-25(16)32-14-17(12-27)22(35)15-32)11-19(29-34)21-9-5-6-10-33(21)26(36)24-18-7-3-4-8-20(18)31(2)30-24/h3-4,7-8,11,13,17,21-22,35H,5-6,9-10,14-15H2,1-2H3/t17-,21+,22+/m1/s1. The number of anilines is 1. The van der Waals surface area contributed by atoms with Gasteiger partial charge < -0.3 is 14.9 Å². The van der Waals surface area contributed by atoms with E-state index < -0.39 is 12.0 Å². The lowest BCUT2D eigenvalue weighted by atomic mass is 9.98. The van der Waals surface area contributed by atoms with Crippen molar-refractivity contribution in [1.82, 2.24) is 29.3 Å². The molecule has 2 saturated heterocycles. The van der Waals surface area contributed by atoms with Gasteiger partial charge in [-0.1, -0.05) is 18.2 Å². The molecule has 1 amide bonds. The van der Waals surface area contributed by atoms with Crippen LogP contribution in [0, 0.1) is 24.2 Å². The Bertz CT molecular complexity index is 1520. The number of aliphatic hydroxyl groups is 1. The van der Waals surface area contributed by atoms with Gasteiger partial charge in [-0.3, -0.25) is 9.48 Å². The Morgan fingerprint density at radius 3 is 2.83 bits per heavy atom. The van der Waals surface area contributed by atoms with E-state index in [-0.39, 0.29) is 11.9 Å². The fraction of sp³-hybridized carbons (Fsp3) is 0.423. The van der Waals surface area contributed by atoms with Crippen LogP contribution in [0.3, 0.4) is 0 Å². The number of rotatable bonds is 3. The highest BCUT2D eigenvalue weighted by Gasteiger charge is 2.35. The summed E-state index contributed by atoms with van der Waals surface area (Å²) in [5.74, 6) is 0.252. The number of likely N-dealkylation sites (tertiary alicyclic amines) is 1. The van der Waals surface area contributed by atoms with Crippen LogP contribution in [0.2, 0.25) is 0 Å². The molecule has 2 aliphatic rings. The molecule has 0 spiro atoms. The molecule has 10 heteroatoms. The normalized spacial score (nSPS) is 22.4. The van der Waals surface area contributed by atoms with E-state index >= 15 is 0 Å². The number of benzene rings is 1. The minimum Gasteiger partial charge on any atom is -0.390 e. The first-order valence-corrected chi connectivity index (χ1v) is 12.4. The number of aryl methyl sites for hydroxylation is 2. The quantitative estimate of drug-likeness (QED) is 0.475. The number of nitriles is 1. The highest BCUT2D eigenvalue weighted by atomic mass is 16.3. The van der Waals surface area contributed by atoms with Gasteiger partial charge in [0.25, 0.3) is 5.91 Å². The lowest BCUT2D eigenvalue weighted by molar-refractivity contribution is 0.0600. The summed E-state index contributed by atoms with van der Waals surface area (Å²) < 4.78 is 3.52. The molecule has 1 N–H and O–H groups in total. The molecule has 0 unspecified atom stereocenters. The molecule has 2 aliphatic heterocycles. The first kappa shape index (κ1) is 22.5. The zero-order chi connectivity index (χ0) is 25.0. The van der Waals surface area contributed by atoms with Crippen molar-refractivity contribution in [1.29, 1.82) is 5.26 Å². The summed E-state index contributed by atoms with van der Waals surface area (Å²) in [6.07, 6.45) is 4.03. The molecule has 0 radical (unpaired) electrons. The van der Waals surface area contributed by atoms with Gasteiger partial charge in [-0.15, -0.1) is 0 Å². The van der Waals surface area contributed by atoms with Crippen LogP contribution in [0.15, 0.2) is 36.5 Å². The fourth-order valence-electron chi connectivity index (χ4n) is 5.58. The number of piperidine rings is 1. The molecule has 1 aromatic carbocycles. The van der Waals surface area contributed by atoms with Gasteiger partial charge in [0, 0.05) is 49.9 Å². The minimum absolute atomic E-state index is 0.0769. The second kappa shape index (κ2) is 8.60. The maximum atomic E-state index is 13.7. The molecule has 4 aromatic rings. The molecular weight excluding hydrogens is 456 g/mol. The monoisotopic (exact) mass is 484 g/mol. The van der Waals surface area contributed by atoms with Crippen molar-refractivity contribution in [3.8, 4) is 6.07 Å². The molecule has 184 valence electrons. The summed E-state index contributed by atoms with van der Waals surface area (Å²) in [6, 6.07) is 11.8. The lowest BCUT2D eigenvalue weighted by Gasteiger charge is -2.34. The molecular formula is C26H28N8O2. The summed E-state index contributed by atoms with van der Waals surface area (Å²) >= 11 is 0. The Morgan fingerprint density at radius 1 is 1.19 bits per heavy atom. The molecule has 3 atom stereocenters. The molecule has 5 heterocycles. The largest absolute Gasteiger partial charge is 0.390 e. The number of nitrogens with zero attached hydrogens (tertiary/aromatic N) is 8. The average molecular weight is 485 g/mol. The molecule has 0 bridgehead atoms. The van der Waals surface area contributed by atoms with Crippen molar-refractivity contribution in [2.75, 3.05) is 24.5 Å². The molecule has 0 saturated carbocycles. The summed E-state index contributed by atoms with van der Waals surface area (Å²) in [4.78, 5) is 22.4. The Balaban J connectivity index is 1.34. The second-order valence-electron chi connectivity index (χ2n) is 9.83. The van der Waals surface area contributed by atoms with E-state index in [1.807, 2.05) is 60.3 Å². The van der Waals surface area contributed by atoms with Crippen molar-refractivity contribution < 1.29 is 9.90 Å². The molecule has 2 fully saturated rings. The third-order valence-electron chi connectivity index (χ3n) is 7.44. The Morgan fingerprint density at radius 2 is 2.03 bits per heavy atom. The van der Waals surface area contributed by atoms with Crippen LogP contribution < -0.4 is 4.90 Å². The van der Waals surface area contributed by atoms with Crippen molar-refractivity contribution >= 4 is 28.3 Å². The molecule has 36 heavy (non-hydrogen) atoms. The van der Waals surface area contributed by atoms with Crippen LogP contribution in [-0.2, 0) is 7.05 Å². The first-order valence-electron chi connectivity index (χ1n) is 12.4. The predicted molar refractivity (Wildman–Crippen MR) is 133 cm³/mol. The summed E-state index contributed by atoms with van der Waals surface area (Å²) in [7, 11) is 1.86. The summed E-state index contributed by atoms with van der Waals surface area (Å²) in [6.45, 7) is 3.44. The van der Waals surface area contributed by atoms with Gasteiger partial charge in [0.2, 0.25) is 0 Å². The fourth-order valence-corrected chi connectivity index (χ4v) is 5.58. The third-order valence-corrected chi connectivity index (χ3v) is 7.44. The van der Waals surface area contributed by atoms with E-state index in [4.69, 9.17) is 10.1 Å². The molecule has 10 nitrogen and oxygen atoms in total. The Kier molecular flexibility index (Phi) is 5.38. The Labute approximate surface area is 208 Å². The number of fused-ring (bicyclic) bond motifs is 2. The number of amides is 1. The van der Waals surface area contributed by atoms with E-state index in [0.717, 1.165) is 47.2 Å². The first-order chi connectivity index (χ1) is 17.4. The minimum atomic E-state index is -0.683. The smallest absolute Gasteiger partial charge is 0.275 e. The van der Waals surface area contributed by atoms with Crippen LogP contribution in [0.1, 0.15) is 47.1 Å². The van der Waals surface area contributed by atoms with E-state index in [1.165, 1.54) is 0 Å². The van der Waals surface area contributed by atoms with Crippen molar-refractivity contribution in [3.63, 3.8) is 0 Å². The number of β-amino-alcohol motifs (C(OH)–C–C–N with tert-alkyl or cyclic N) is 1. The zero-order valence-corrected chi connectivity index (χ0v) is 20.4. The van der Waals surface area contributed by atoms with Gasteiger partial charge in [-0.2, -0.15) is 15.5 Å². The number of para-hydroxylation sites is 1. The number of hydrogen-bond acceptors (Lipinski definition) is 7. The number of aliphatic hydroxyl groups excluding tert-OH is 1. The van der Waals surface area contributed by atoms with E-state index in [0.29, 0.717) is 31.0 Å². The highest BCUT2D eigenvalue weighted by molar-refractivity contribution is 6.05. The van der Waals surface area contributed by atoms with Gasteiger partial charge in [0.05, 0.1) is 35.3 Å². The van der Waals surface area contributed by atoms with Crippen molar-refractivity contribution in [2.24, 2.45) is 13.0 Å². The van der Waals surface area contributed by atoms with Crippen LogP contribution >= 0.6 is 0 Å². The maximum Gasteiger partial charge on any atom is 0.275 e. The zero-order valence-electron chi connectivity index (χ0n) is 20.4. The number of aromatic nitrogens is 5. The molecule has 6 rings (SSSR count). The summed E-state index contributed by atoms with van der Waals surface area (Å²) in [5.41, 5.74) is 3.81. The van der Waals surface area contributed by atoms with Crippen molar-refractivity contribution in [3.05, 3.63) is 53.5 Å². The van der Waals surface area contributed by atoms with Crippen LogP contribution in [0.4, 0.5) is 5.82 Å². The van der Waals surface area contributed by atoms with Crippen LogP contribution in [0.25, 0.3) is 16.6 Å². The predicted octanol–water partition coefficient (Wildman–Crippen LogP) is 2.61. The van der Waals surface area contributed by atoms with Crippen molar-refractivity contribution in [2.45, 2.75) is 38.3 Å². The Hall–Kier alpha value is -3.97. The van der Waals surface area contributed by atoms with Gasteiger partial charge >= 0.3 is 0 Å². The van der Waals surface area contributed by atoms with E-state index in [2.05, 4.69) is 11.2 Å². The topological polar surface area (TPSA) is 116 Å². The van der Waals surface area contributed by atoms with E-state index in [1.54, 1.807) is 9.20 Å².